The van der Waals surface area contributed by atoms with Gasteiger partial charge in [-0.3, -0.25) is 4.90 Å². The maximum absolute atomic E-state index is 12.3. The Labute approximate surface area is 137 Å². The molecule has 0 aliphatic carbocycles. The van der Waals surface area contributed by atoms with Gasteiger partial charge in [-0.05, 0) is 24.9 Å². The molecule has 23 heavy (non-hydrogen) atoms. The van der Waals surface area contributed by atoms with Crippen LogP contribution in [0, 0.1) is 0 Å². The zero-order chi connectivity index (χ0) is 16.3. The van der Waals surface area contributed by atoms with Crippen LogP contribution in [0.1, 0.15) is 18.4 Å². The zero-order valence-electron chi connectivity index (χ0n) is 13.1. The molecular formula is C16H24N2O4S. The quantitative estimate of drug-likeness (QED) is 0.780. The molecule has 0 saturated carbocycles. The van der Waals surface area contributed by atoms with Crippen LogP contribution in [-0.2, 0) is 21.3 Å². The van der Waals surface area contributed by atoms with E-state index in [4.69, 9.17) is 4.74 Å². The third kappa shape index (κ3) is 4.10. The number of ether oxygens (including phenoxy) is 1. The second kappa shape index (κ2) is 7.27. The van der Waals surface area contributed by atoms with Crippen molar-refractivity contribution in [1.29, 1.82) is 0 Å². The second-order valence-corrected chi connectivity index (χ2v) is 8.27. The lowest BCUT2D eigenvalue weighted by Crippen LogP contribution is -2.46. The molecule has 2 N–H and O–H groups in total. The lowest BCUT2D eigenvalue weighted by Gasteiger charge is -2.25. The van der Waals surface area contributed by atoms with Gasteiger partial charge < -0.3 is 9.84 Å². The summed E-state index contributed by atoms with van der Waals surface area (Å²) in [6.07, 6.45) is 1.13. The Hall–Kier alpha value is -0.990. The summed E-state index contributed by atoms with van der Waals surface area (Å²) >= 11 is 0. The molecule has 2 saturated heterocycles. The van der Waals surface area contributed by atoms with Gasteiger partial charge in [0.05, 0.1) is 19.3 Å². The Bertz CT molecular complexity index is 608. The molecule has 2 heterocycles. The predicted molar refractivity (Wildman–Crippen MR) is 87.4 cm³/mol. The highest BCUT2D eigenvalue weighted by Crippen LogP contribution is 2.20. The van der Waals surface area contributed by atoms with Gasteiger partial charge in [0.1, 0.15) is 5.25 Å². The summed E-state index contributed by atoms with van der Waals surface area (Å²) in [5, 5.41) is 8.85. The van der Waals surface area contributed by atoms with Crippen LogP contribution in [0.2, 0.25) is 0 Å². The number of nitrogens with zero attached hydrogens (tertiary/aromatic N) is 1. The van der Waals surface area contributed by atoms with Gasteiger partial charge in [0.15, 0.2) is 0 Å². The summed E-state index contributed by atoms with van der Waals surface area (Å²) in [5.74, 6) is 0. The summed E-state index contributed by atoms with van der Waals surface area (Å²) in [5.41, 5.74) is 1.24. The van der Waals surface area contributed by atoms with E-state index in [1.165, 1.54) is 5.56 Å². The average molecular weight is 340 g/mol. The van der Waals surface area contributed by atoms with Crippen LogP contribution in [0.25, 0.3) is 0 Å². The van der Waals surface area contributed by atoms with Crippen LogP contribution < -0.4 is 4.72 Å². The number of hydrogen-bond acceptors (Lipinski definition) is 5. The Kier molecular flexibility index (Phi) is 5.33. The molecule has 0 amide bonds. The molecule has 2 fully saturated rings. The first-order valence-corrected chi connectivity index (χ1v) is 9.63. The molecule has 2 aliphatic heterocycles. The van der Waals surface area contributed by atoms with Gasteiger partial charge in [0, 0.05) is 19.1 Å². The molecule has 6 nitrogen and oxygen atoms in total. The minimum absolute atomic E-state index is 0.0644. The maximum atomic E-state index is 12.3. The molecule has 3 unspecified atom stereocenters. The lowest BCUT2D eigenvalue weighted by atomic mass is 10.2. The SMILES string of the molecule is O=S(=O)(NCC1CCCN1Cc1ccccc1)C1COCC1O. The molecule has 0 aromatic heterocycles. The lowest BCUT2D eigenvalue weighted by molar-refractivity contribution is 0.127. The summed E-state index contributed by atoms with van der Waals surface area (Å²) < 4.78 is 32.3. The first-order chi connectivity index (χ1) is 11.1. The molecule has 0 bridgehead atoms. The van der Waals surface area contributed by atoms with Gasteiger partial charge in [-0.15, -0.1) is 0 Å². The molecule has 2 aliphatic rings. The van der Waals surface area contributed by atoms with Crippen molar-refractivity contribution < 1.29 is 18.3 Å². The van der Waals surface area contributed by atoms with Crippen molar-refractivity contribution in [2.45, 2.75) is 36.8 Å². The number of hydrogen-bond donors (Lipinski definition) is 2. The fraction of sp³-hybridized carbons (Fsp3) is 0.625. The van der Waals surface area contributed by atoms with Gasteiger partial charge in [0.25, 0.3) is 0 Å². The summed E-state index contributed by atoms with van der Waals surface area (Å²) in [6, 6.07) is 10.4. The molecular weight excluding hydrogens is 316 g/mol. The van der Waals surface area contributed by atoms with Crippen molar-refractivity contribution in [3.8, 4) is 0 Å². The van der Waals surface area contributed by atoms with E-state index in [0.29, 0.717) is 6.54 Å². The van der Waals surface area contributed by atoms with Crippen molar-refractivity contribution in [2.75, 3.05) is 26.3 Å². The number of aliphatic hydroxyl groups is 1. The van der Waals surface area contributed by atoms with Crippen molar-refractivity contribution in [1.82, 2.24) is 9.62 Å². The van der Waals surface area contributed by atoms with Crippen molar-refractivity contribution in [2.24, 2.45) is 0 Å². The predicted octanol–water partition coefficient (Wildman–Crippen LogP) is 0.330. The number of nitrogens with one attached hydrogen (secondary N) is 1. The third-order valence-electron chi connectivity index (χ3n) is 4.65. The van der Waals surface area contributed by atoms with Crippen LogP contribution in [0.15, 0.2) is 30.3 Å². The number of benzene rings is 1. The highest BCUT2D eigenvalue weighted by Gasteiger charge is 2.38. The third-order valence-corrected chi connectivity index (χ3v) is 6.46. The Morgan fingerprint density at radius 3 is 2.74 bits per heavy atom. The molecule has 0 spiro atoms. The smallest absolute Gasteiger partial charge is 0.219 e. The van der Waals surface area contributed by atoms with Crippen molar-refractivity contribution >= 4 is 10.0 Å². The second-order valence-electron chi connectivity index (χ2n) is 6.29. The minimum atomic E-state index is -3.54. The number of aliphatic hydroxyl groups excluding tert-OH is 1. The summed E-state index contributed by atoms with van der Waals surface area (Å²) in [7, 11) is -3.54. The topological polar surface area (TPSA) is 78.9 Å². The standard InChI is InChI=1S/C16H24N2O4S/c19-15-11-22-12-16(15)23(20,21)17-9-14-7-4-8-18(14)10-13-5-2-1-3-6-13/h1-3,5-6,14-17,19H,4,7-12H2. The first kappa shape index (κ1) is 16.9. The normalized spacial score (nSPS) is 29.2. The Morgan fingerprint density at radius 2 is 2.04 bits per heavy atom. The van der Waals surface area contributed by atoms with Crippen LogP contribution in [0.5, 0.6) is 0 Å². The molecule has 7 heteroatoms. The van der Waals surface area contributed by atoms with Crippen LogP contribution in [0.3, 0.4) is 0 Å². The van der Waals surface area contributed by atoms with Gasteiger partial charge in [-0.25, -0.2) is 13.1 Å². The fourth-order valence-corrected chi connectivity index (χ4v) is 4.70. The van der Waals surface area contributed by atoms with Crippen LogP contribution >= 0.6 is 0 Å². The minimum Gasteiger partial charge on any atom is -0.389 e. The fourth-order valence-electron chi connectivity index (χ4n) is 3.29. The van der Waals surface area contributed by atoms with Gasteiger partial charge in [-0.2, -0.15) is 0 Å². The molecule has 1 aromatic carbocycles. The molecule has 3 atom stereocenters. The summed E-state index contributed by atoms with van der Waals surface area (Å²) in [4.78, 5) is 2.32. The van der Waals surface area contributed by atoms with E-state index in [2.05, 4.69) is 21.8 Å². The van der Waals surface area contributed by atoms with Crippen LogP contribution in [-0.4, -0.2) is 62.1 Å². The molecule has 1 aromatic rings. The zero-order valence-corrected chi connectivity index (χ0v) is 13.9. The molecule has 128 valence electrons. The number of likely N-dealkylation sites (tertiary alicyclic amines) is 1. The average Bonchev–Trinajstić information content (AvgIpc) is 3.16. The van der Waals surface area contributed by atoms with Gasteiger partial charge >= 0.3 is 0 Å². The highest BCUT2D eigenvalue weighted by atomic mass is 32.2. The maximum Gasteiger partial charge on any atom is 0.219 e. The molecule has 0 radical (unpaired) electrons. The summed E-state index contributed by atoms with van der Waals surface area (Å²) in [6.45, 7) is 2.36. The van der Waals surface area contributed by atoms with Crippen molar-refractivity contribution in [3.05, 3.63) is 35.9 Å². The van der Waals surface area contributed by atoms with E-state index >= 15 is 0 Å². The van der Waals surface area contributed by atoms with E-state index in [9.17, 15) is 13.5 Å². The van der Waals surface area contributed by atoms with Gasteiger partial charge in [-0.1, -0.05) is 30.3 Å². The monoisotopic (exact) mass is 340 g/mol. The van der Waals surface area contributed by atoms with E-state index in [-0.39, 0.29) is 19.3 Å². The van der Waals surface area contributed by atoms with E-state index < -0.39 is 21.4 Å². The Balaban J connectivity index is 1.56. The first-order valence-electron chi connectivity index (χ1n) is 8.08. The van der Waals surface area contributed by atoms with Crippen molar-refractivity contribution in [3.63, 3.8) is 0 Å². The van der Waals surface area contributed by atoms with E-state index in [1.54, 1.807) is 0 Å². The largest absolute Gasteiger partial charge is 0.389 e. The Morgan fingerprint density at radius 1 is 1.26 bits per heavy atom. The van der Waals surface area contributed by atoms with Gasteiger partial charge in [0.2, 0.25) is 10.0 Å². The van der Waals surface area contributed by atoms with E-state index in [1.807, 2.05) is 18.2 Å². The highest BCUT2D eigenvalue weighted by molar-refractivity contribution is 7.90. The van der Waals surface area contributed by atoms with Crippen LogP contribution in [0.4, 0.5) is 0 Å². The number of rotatable bonds is 6. The number of sulfonamides is 1. The molecule has 3 rings (SSSR count). The van der Waals surface area contributed by atoms with E-state index in [0.717, 1.165) is 25.9 Å².